The van der Waals surface area contributed by atoms with Crippen molar-refractivity contribution in [2.24, 2.45) is 5.92 Å². The maximum absolute atomic E-state index is 14.0. The van der Waals surface area contributed by atoms with Crippen LogP contribution in [0.3, 0.4) is 0 Å². The summed E-state index contributed by atoms with van der Waals surface area (Å²) >= 11 is 3.46. The molecule has 21 heavy (non-hydrogen) atoms. The van der Waals surface area contributed by atoms with Crippen LogP contribution in [0, 0.1) is 11.7 Å². The monoisotopic (exact) mass is 354 g/mol. The minimum absolute atomic E-state index is 0.0841. The van der Waals surface area contributed by atoms with Crippen LogP contribution in [-0.4, -0.2) is 30.6 Å². The first kappa shape index (κ1) is 15.4. The lowest BCUT2D eigenvalue weighted by Crippen LogP contribution is -2.54. The van der Waals surface area contributed by atoms with Crippen LogP contribution in [0.25, 0.3) is 0 Å². The fourth-order valence-corrected chi connectivity index (χ4v) is 4.24. The van der Waals surface area contributed by atoms with Crippen molar-refractivity contribution in [3.05, 3.63) is 34.1 Å². The molecule has 116 valence electrons. The van der Waals surface area contributed by atoms with Gasteiger partial charge < -0.3 is 5.32 Å². The van der Waals surface area contributed by atoms with Crippen molar-refractivity contribution in [2.45, 2.75) is 44.7 Å². The highest BCUT2D eigenvalue weighted by molar-refractivity contribution is 9.10. The summed E-state index contributed by atoms with van der Waals surface area (Å²) in [7, 11) is 0. The molecule has 0 radical (unpaired) electrons. The van der Waals surface area contributed by atoms with E-state index in [-0.39, 0.29) is 5.82 Å². The van der Waals surface area contributed by atoms with Gasteiger partial charge in [0.1, 0.15) is 5.82 Å². The average molecular weight is 355 g/mol. The number of piperazine rings is 1. The quantitative estimate of drug-likeness (QED) is 0.884. The molecule has 0 amide bonds. The van der Waals surface area contributed by atoms with Crippen molar-refractivity contribution < 1.29 is 4.39 Å². The van der Waals surface area contributed by atoms with Crippen LogP contribution in [0.15, 0.2) is 22.7 Å². The number of nitrogens with zero attached hydrogens (tertiary/aromatic N) is 1. The summed E-state index contributed by atoms with van der Waals surface area (Å²) < 4.78 is 15.0. The molecule has 1 heterocycles. The van der Waals surface area contributed by atoms with Gasteiger partial charge >= 0.3 is 0 Å². The molecule has 0 spiro atoms. The molecule has 0 bridgehead atoms. The largest absolute Gasteiger partial charge is 0.314 e. The Morgan fingerprint density at radius 1 is 1.24 bits per heavy atom. The summed E-state index contributed by atoms with van der Waals surface area (Å²) in [6.07, 6.45) is 6.78. The summed E-state index contributed by atoms with van der Waals surface area (Å²) in [6, 6.07) is 5.83. The second-order valence-electron chi connectivity index (χ2n) is 6.38. The molecule has 2 nitrogen and oxygen atoms in total. The highest BCUT2D eigenvalue weighted by Gasteiger charge is 2.31. The van der Waals surface area contributed by atoms with Crippen LogP contribution in [0.1, 0.15) is 37.7 Å². The molecular weight excluding hydrogens is 331 g/mol. The number of nitrogens with one attached hydrogen (secondary N) is 1. The van der Waals surface area contributed by atoms with Crippen molar-refractivity contribution >= 4 is 15.9 Å². The number of benzene rings is 1. The molecular formula is C17H24BrFN2. The molecule has 3 rings (SSSR count). The number of halogens is 2. The molecule has 1 saturated carbocycles. The zero-order valence-electron chi connectivity index (χ0n) is 12.5. The van der Waals surface area contributed by atoms with Crippen molar-refractivity contribution in [3.63, 3.8) is 0 Å². The lowest BCUT2D eigenvalue weighted by molar-refractivity contribution is 0.0850. The SMILES string of the molecule is Fc1ccc(Br)cc1CN1CCNCC1C1CCCCC1. The Hall–Kier alpha value is -0.450. The summed E-state index contributed by atoms with van der Waals surface area (Å²) in [5.74, 6) is 0.695. The molecule has 2 aliphatic rings. The van der Waals surface area contributed by atoms with Gasteiger partial charge in [-0.3, -0.25) is 4.90 Å². The Balaban J connectivity index is 1.73. The van der Waals surface area contributed by atoms with Gasteiger partial charge in [-0.25, -0.2) is 4.39 Å². The molecule has 1 atom stereocenters. The fourth-order valence-electron chi connectivity index (χ4n) is 3.83. The average Bonchev–Trinajstić information content (AvgIpc) is 2.52. The van der Waals surface area contributed by atoms with E-state index in [1.165, 1.54) is 32.1 Å². The van der Waals surface area contributed by atoms with Gasteiger partial charge in [0.25, 0.3) is 0 Å². The fraction of sp³-hybridized carbons (Fsp3) is 0.647. The van der Waals surface area contributed by atoms with Gasteiger partial charge in [-0.15, -0.1) is 0 Å². The summed E-state index contributed by atoms with van der Waals surface area (Å²) in [5, 5.41) is 3.53. The van der Waals surface area contributed by atoms with E-state index in [9.17, 15) is 4.39 Å². The van der Waals surface area contributed by atoms with E-state index in [0.717, 1.165) is 42.1 Å². The zero-order valence-corrected chi connectivity index (χ0v) is 14.0. The predicted octanol–water partition coefficient (Wildman–Crippen LogP) is 3.94. The van der Waals surface area contributed by atoms with Crippen molar-refractivity contribution in [1.82, 2.24) is 10.2 Å². The number of rotatable bonds is 3. The minimum Gasteiger partial charge on any atom is -0.314 e. The van der Waals surface area contributed by atoms with Crippen molar-refractivity contribution in [1.29, 1.82) is 0 Å². The molecule has 2 fully saturated rings. The Morgan fingerprint density at radius 2 is 2.05 bits per heavy atom. The lowest BCUT2D eigenvalue weighted by Gasteiger charge is -2.42. The summed E-state index contributed by atoms with van der Waals surface area (Å²) in [5.41, 5.74) is 0.812. The summed E-state index contributed by atoms with van der Waals surface area (Å²) in [4.78, 5) is 2.50. The molecule has 1 aliphatic heterocycles. The van der Waals surface area contributed by atoms with E-state index in [0.29, 0.717) is 6.04 Å². The predicted molar refractivity (Wildman–Crippen MR) is 87.7 cm³/mol. The Labute approximate surface area is 135 Å². The van der Waals surface area contributed by atoms with Crippen LogP contribution < -0.4 is 5.32 Å². The van der Waals surface area contributed by atoms with Crippen LogP contribution in [0.2, 0.25) is 0 Å². The zero-order chi connectivity index (χ0) is 14.7. The number of hydrogen-bond acceptors (Lipinski definition) is 2. The van der Waals surface area contributed by atoms with E-state index >= 15 is 0 Å². The Morgan fingerprint density at radius 3 is 2.86 bits per heavy atom. The van der Waals surface area contributed by atoms with E-state index in [1.807, 2.05) is 6.07 Å². The Kier molecular flexibility index (Phi) is 5.30. The first-order chi connectivity index (χ1) is 10.2. The van der Waals surface area contributed by atoms with Gasteiger partial charge in [-0.2, -0.15) is 0 Å². The van der Waals surface area contributed by atoms with E-state index in [4.69, 9.17) is 0 Å². The van der Waals surface area contributed by atoms with Crippen LogP contribution in [0.4, 0.5) is 4.39 Å². The van der Waals surface area contributed by atoms with Gasteiger partial charge in [0.2, 0.25) is 0 Å². The molecule has 4 heteroatoms. The molecule has 1 aromatic carbocycles. The highest BCUT2D eigenvalue weighted by atomic mass is 79.9. The van der Waals surface area contributed by atoms with Gasteiger partial charge in [0.15, 0.2) is 0 Å². The second-order valence-corrected chi connectivity index (χ2v) is 7.29. The first-order valence-corrected chi connectivity index (χ1v) is 8.92. The molecule has 1 unspecified atom stereocenters. The maximum Gasteiger partial charge on any atom is 0.127 e. The smallest absolute Gasteiger partial charge is 0.127 e. The van der Waals surface area contributed by atoms with Crippen LogP contribution >= 0.6 is 15.9 Å². The van der Waals surface area contributed by atoms with Crippen LogP contribution in [-0.2, 0) is 6.54 Å². The Bertz CT molecular complexity index is 474. The lowest BCUT2D eigenvalue weighted by atomic mass is 9.82. The maximum atomic E-state index is 14.0. The van der Waals surface area contributed by atoms with E-state index in [1.54, 1.807) is 12.1 Å². The minimum atomic E-state index is -0.0841. The normalized spacial score (nSPS) is 25.1. The molecule has 1 N–H and O–H groups in total. The van der Waals surface area contributed by atoms with Gasteiger partial charge in [0.05, 0.1) is 0 Å². The summed E-state index contributed by atoms with van der Waals surface area (Å²) in [6.45, 7) is 3.82. The standard InChI is InChI=1S/C17H24BrFN2/c18-15-6-7-16(19)14(10-15)12-21-9-8-20-11-17(21)13-4-2-1-3-5-13/h6-7,10,13,17,20H,1-5,8-9,11-12H2. The highest BCUT2D eigenvalue weighted by Crippen LogP contribution is 2.30. The third-order valence-electron chi connectivity index (χ3n) is 4.97. The molecule has 1 aromatic rings. The third kappa shape index (κ3) is 3.85. The van der Waals surface area contributed by atoms with Gasteiger partial charge in [0, 0.05) is 42.3 Å². The molecule has 1 saturated heterocycles. The van der Waals surface area contributed by atoms with Crippen LogP contribution in [0.5, 0.6) is 0 Å². The van der Waals surface area contributed by atoms with Crippen molar-refractivity contribution in [2.75, 3.05) is 19.6 Å². The second kappa shape index (κ2) is 7.21. The number of hydrogen-bond donors (Lipinski definition) is 1. The molecule has 0 aromatic heterocycles. The molecule has 1 aliphatic carbocycles. The third-order valence-corrected chi connectivity index (χ3v) is 5.47. The van der Waals surface area contributed by atoms with Crippen molar-refractivity contribution in [3.8, 4) is 0 Å². The van der Waals surface area contributed by atoms with Gasteiger partial charge in [-0.05, 0) is 37.0 Å². The van der Waals surface area contributed by atoms with Gasteiger partial charge in [-0.1, -0.05) is 35.2 Å². The first-order valence-electron chi connectivity index (χ1n) is 8.13. The van der Waals surface area contributed by atoms with E-state index in [2.05, 4.69) is 26.1 Å². The van der Waals surface area contributed by atoms with E-state index < -0.39 is 0 Å². The topological polar surface area (TPSA) is 15.3 Å².